The third kappa shape index (κ3) is 4.18. The van der Waals surface area contributed by atoms with Crippen molar-refractivity contribution < 1.29 is 9.53 Å². The summed E-state index contributed by atoms with van der Waals surface area (Å²) in [6.45, 7) is 7.71. The molecule has 9 nitrogen and oxygen atoms in total. The largest absolute Gasteiger partial charge is 0.368 e. The molecule has 0 spiro atoms. The SMILES string of the molecule is CC(C)c1n[nH]c([C@H]2CN([C@@H](C)C(=O)Nc3ncccn3)CCO2)n1. The Bertz CT molecular complexity index is 704. The number of morpholine rings is 1. The minimum atomic E-state index is -0.331. The average Bonchev–Trinajstić information content (AvgIpc) is 3.12. The van der Waals surface area contributed by atoms with Gasteiger partial charge in [0.05, 0.1) is 12.6 Å². The van der Waals surface area contributed by atoms with Gasteiger partial charge >= 0.3 is 0 Å². The van der Waals surface area contributed by atoms with Crippen molar-refractivity contribution in [1.29, 1.82) is 0 Å². The van der Waals surface area contributed by atoms with Gasteiger partial charge in [-0.2, -0.15) is 5.10 Å². The van der Waals surface area contributed by atoms with Crippen molar-refractivity contribution >= 4 is 11.9 Å². The van der Waals surface area contributed by atoms with Crippen molar-refractivity contribution in [2.45, 2.75) is 38.8 Å². The van der Waals surface area contributed by atoms with Gasteiger partial charge in [-0.15, -0.1) is 0 Å². The van der Waals surface area contributed by atoms with Gasteiger partial charge in [0.15, 0.2) is 11.6 Å². The monoisotopic (exact) mass is 345 g/mol. The Morgan fingerprint density at radius 1 is 1.36 bits per heavy atom. The number of nitrogens with zero attached hydrogens (tertiary/aromatic N) is 5. The number of H-pyrrole nitrogens is 1. The van der Waals surface area contributed by atoms with E-state index >= 15 is 0 Å². The van der Waals surface area contributed by atoms with Crippen LogP contribution < -0.4 is 5.32 Å². The first-order valence-corrected chi connectivity index (χ1v) is 8.40. The van der Waals surface area contributed by atoms with Crippen LogP contribution in [0.25, 0.3) is 0 Å². The molecular formula is C16H23N7O2. The average molecular weight is 345 g/mol. The molecule has 1 amide bonds. The number of hydrogen-bond donors (Lipinski definition) is 2. The van der Waals surface area contributed by atoms with E-state index in [0.29, 0.717) is 31.5 Å². The van der Waals surface area contributed by atoms with E-state index in [9.17, 15) is 4.79 Å². The van der Waals surface area contributed by atoms with Crippen molar-refractivity contribution in [2.75, 3.05) is 25.0 Å². The minimum absolute atomic E-state index is 0.146. The van der Waals surface area contributed by atoms with E-state index in [1.54, 1.807) is 18.5 Å². The highest BCUT2D eigenvalue weighted by molar-refractivity contribution is 5.93. The normalized spacial score (nSPS) is 19.8. The van der Waals surface area contributed by atoms with Gasteiger partial charge in [-0.1, -0.05) is 13.8 Å². The molecule has 3 rings (SSSR count). The maximum Gasteiger partial charge on any atom is 0.243 e. The first kappa shape index (κ1) is 17.4. The Morgan fingerprint density at radius 3 is 2.80 bits per heavy atom. The number of aromatic amines is 1. The molecule has 1 aliphatic rings. The highest BCUT2D eigenvalue weighted by atomic mass is 16.5. The maximum atomic E-state index is 12.4. The molecule has 2 aromatic rings. The molecular weight excluding hydrogens is 322 g/mol. The molecule has 25 heavy (non-hydrogen) atoms. The van der Waals surface area contributed by atoms with Crippen LogP contribution in [0.4, 0.5) is 5.95 Å². The van der Waals surface area contributed by atoms with Gasteiger partial charge in [0.1, 0.15) is 6.10 Å². The number of rotatable bonds is 5. The molecule has 134 valence electrons. The number of carbonyl (C=O) groups is 1. The van der Waals surface area contributed by atoms with Crippen LogP contribution in [-0.4, -0.2) is 61.7 Å². The van der Waals surface area contributed by atoms with Crippen LogP contribution in [0.15, 0.2) is 18.5 Å². The van der Waals surface area contributed by atoms with Gasteiger partial charge < -0.3 is 4.74 Å². The lowest BCUT2D eigenvalue weighted by molar-refractivity contribution is -0.124. The first-order valence-electron chi connectivity index (χ1n) is 8.40. The van der Waals surface area contributed by atoms with Gasteiger partial charge in [0.2, 0.25) is 11.9 Å². The Balaban J connectivity index is 1.62. The van der Waals surface area contributed by atoms with Crippen LogP contribution in [0, 0.1) is 0 Å². The van der Waals surface area contributed by atoms with Crippen molar-refractivity contribution in [3.63, 3.8) is 0 Å². The number of hydrogen-bond acceptors (Lipinski definition) is 7. The van der Waals surface area contributed by atoms with E-state index in [1.165, 1.54) is 0 Å². The van der Waals surface area contributed by atoms with E-state index in [-0.39, 0.29) is 24.0 Å². The predicted octanol–water partition coefficient (Wildman–Crippen LogP) is 1.12. The lowest BCUT2D eigenvalue weighted by atomic mass is 10.2. The standard InChI is InChI=1S/C16H23N7O2/c1-10(2)13-19-14(22-21-13)12-9-23(7-8-25-12)11(3)15(24)20-16-17-5-4-6-18-16/h4-6,10-12H,7-9H2,1-3H3,(H,19,21,22)(H,17,18,20,24)/t11-,12+/m0/s1. The molecule has 2 atom stereocenters. The Labute approximate surface area is 146 Å². The smallest absolute Gasteiger partial charge is 0.243 e. The summed E-state index contributed by atoms with van der Waals surface area (Å²) in [6, 6.07) is 1.37. The third-order valence-corrected chi connectivity index (χ3v) is 4.17. The highest BCUT2D eigenvalue weighted by Crippen LogP contribution is 2.22. The first-order chi connectivity index (χ1) is 12.0. The Morgan fingerprint density at radius 2 is 2.12 bits per heavy atom. The fraction of sp³-hybridized carbons (Fsp3) is 0.562. The van der Waals surface area contributed by atoms with Crippen LogP contribution in [-0.2, 0) is 9.53 Å². The molecule has 2 N–H and O–H groups in total. The van der Waals surface area contributed by atoms with Crippen molar-refractivity contribution in [3.8, 4) is 0 Å². The van der Waals surface area contributed by atoms with Crippen LogP contribution in [0.5, 0.6) is 0 Å². The maximum absolute atomic E-state index is 12.4. The molecule has 9 heteroatoms. The molecule has 0 radical (unpaired) electrons. The topological polar surface area (TPSA) is 109 Å². The molecule has 1 fully saturated rings. The lowest BCUT2D eigenvalue weighted by Gasteiger charge is -2.35. The zero-order valence-electron chi connectivity index (χ0n) is 14.6. The quantitative estimate of drug-likeness (QED) is 0.835. The van der Waals surface area contributed by atoms with E-state index in [4.69, 9.17) is 4.74 Å². The van der Waals surface area contributed by atoms with Gasteiger partial charge in [-0.25, -0.2) is 15.0 Å². The summed E-state index contributed by atoms with van der Waals surface area (Å²) >= 11 is 0. The second-order valence-corrected chi connectivity index (χ2v) is 6.33. The van der Waals surface area contributed by atoms with E-state index in [2.05, 4.69) is 35.4 Å². The zero-order chi connectivity index (χ0) is 17.8. The second-order valence-electron chi connectivity index (χ2n) is 6.33. The number of amides is 1. The van der Waals surface area contributed by atoms with Crippen molar-refractivity contribution in [1.82, 2.24) is 30.0 Å². The number of ether oxygens (including phenoxy) is 1. The van der Waals surface area contributed by atoms with Crippen LogP contribution in [0.1, 0.15) is 44.4 Å². The van der Waals surface area contributed by atoms with Gasteiger partial charge in [-0.05, 0) is 13.0 Å². The second kappa shape index (κ2) is 7.66. The van der Waals surface area contributed by atoms with Crippen LogP contribution >= 0.6 is 0 Å². The third-order valence-electron chi connectivity index (χ3n) is 4.17. The number of aromatic nitrogens is 5. The Hall–Kier alpha value is -2.39. The molecule has 0 aliphatic carbocycles. The summed E-state index contributed by atoms with van der Waals surface area (Å²) in [4.78, 5) is 27.0. The van der Waals surface area contributed by atoms with Crippen molar-refractivity contribution in [2.24, 2.45) is 0 Å². The molecule has 2 aromatic heterocycles. The summed E-state index contributed by atoms with van der Waals surface area (Å²) in [5.41, 5.74) is 0. The fourth-order valence-electron chi connectivity index (χ4n) is 2.62. The zero-order valence-corrected chi connectivity index (χ0v) is 14.6. The summed E-state index contributed by atoms with van der Waals surface area (Å²) in [5, 5.41) is 9.91. The molecule has 0 bridgehead atoms. The molecule has 0 aromatic carbocycles. The van der Waals surface area contributed by atoms with Gasteiger partial charge in [0, 0.05) is 31.4 Å². The summed E-state index contributed by atoms with van der Waals surface area (Å²) < 4.78 is 5.80. The van der Waals surface area contributed by atoms with Crippen LogP contribution in [0.3, 0.4) is 0 Å². The van der Waals surface area contributed by atoms with Gasteiger partial charge in [-0.3, -0.25) is 20.1 Å². The number of nitrogens with one attached hydrogen (secondary N) is 2. The van der Waals surface area contributed by atoms with Gasteiger partial charge in [0.25, 0.3) is 0 Å². The molecule has 3 heterocycles. The number of carbonyl (C=O) groups excluding carboxylic acids is 1. The summed E-state index contributed by atoms with van der Waals surface area (Å²) in [5.74, 6) is 1.88. The van der Waals surface area contributed by atoms with E-state index in [1.807, 2.05) is 20.8 Å². The predicted molar refractivity (Wildman–Crippen MR) is 90.9 cm³/mol. The summed E-state index contributed by atoms with van der Waals surface area (Å²) in [7, 11) is 0. The molecule has 1 saturated heterocycles. The van der Waals surface area contributed by atoms with E-state index in [0.717, 1.165) is 5.82 Å². The molecule has 0 saturated carbocycles. The summed E-state index contributed by atoms with van der Waals surface area (Å²) in [6.07, 6.45) is 2.96. The molecule has 0 unspecified atom stereocenters. The van der Waals surface area contributed by atoms with Crippen molar-refractivity contribution in [3.05, 3.63) is 30.1 Å². The van der Waals surface area contributed by atoms with E-state index < -0.39 is 0 Å². The minimum Gasteiger partial charge on any atom is -0.368 e. The number of anilines is 1. The van der Waals surface area contributed by atoms with Crippen LogP contribution in [0.2, 0.25) is 0 Å². The lowest BCUT2D eigenvalue weighted by Crippen LogP contribution is -2.48. The highest BCUT2D eigenvalue weighted by Gasteiger charge is 2.30. The molecule has 1 aliphatic heterocycles. The Kier molecular flexibility index (Phi) is 5.34. The fourth-order valence-corrected chi connectivity index (χ4v) is 2.62.